The number of pyridine rings is 1. The molecule has 4 atom stereocenters. The third-order valence-corrected chi connectivity index (χ3v) is 6.82. The molecule has 0 radical (unpaired) electrons. The first-order valence-corrected chi connectivity index (χ1v) is 10.6. The van der Waals surface area contributed by atoms with E-state index in [4.69, 9.17) is 4.74 Å². The molecule has 2 saturated heterocycles. The van der Waals surface area contributed by atoms with Gasteiger partial charge in [0.2, 0.25) is 0 Å². The molecule has 1 aromatic heterocycles. The van der Waals surface area contributed by atoms with E-state index >= 15 is 0 Å². The van der Waals surface area contributed by atoms with Crippen molar-refractivity contribution >= 4 is 11.5 Å². The van der Waals surface area contributed by atoms with Crippen molar-refractivity contribution in [2.24, 2.45) is 11.8 Å². The summed E-state index contributed by atoms with van der Waals surface area (Å²) in [7, 11) is 0. The molecular weight excluding hydrogens is 350 g/mol. The number of ether oxygens (including phenoxy) is 1. The minimum atomic E-state index is -0.00986. The van der Waals surface area contributed by atoms with Gasteiger partial charge >= 0.3 is 0 Å². The molecule has 1 saturated carbocycles. The van der Waals surface area contributed by atoms with Crippen LogP contribution < -0.4 is 15.4 Å². The lowest BCUT2D eigenvalue weighted by molar-refractivity contribution is 0.0532. The average Bonchev–Trinajstić information content (AvgIpc) is 2.91. The fraction of sp³-hybridized carbons (Fsp3) is 0.522. The van der Waals surface area contributed by atoms with E-state index in [1.54, 1.807) is 6.07 Å². The Kier molecular flexibility index (Phi) is 4.63. The third-order valence-electron chi connectivity index (χ3n) is 6.82. The molecule has 28 heavy (non-hydrogen) atoms. The SMILES string of the molecule is C[C@@H]1CN(c2cc(N3C[C@@H]4CC[C@@H]4[C@H]3Cc3ccccc3)[nH]c(=O)c2)CCO1. The molecule has 3 fully saturated rings. The van der Waals surface area contributed by atoms with E-state index in [0.717, 1.165) is 49.4 Å². The molecule has 1 aliphatic carbocycles. The van der Waals surface area contributed by atoms with Gasteiger partial charge in [-0.15, -0.1) is 0 Å². The van der Waals surface area contributed by atoms with Crippen molar-refractivity contribution in [3.05, 3.63) is 58.4 Å². The Bertz CT molecular complexity index is 881. The van der Waals surface area contributed by atoms with Crippen LogP contribution in [0.2, 0.25) is 0 Å². The van der Waals surface area contributed by atoms with Gasteiger partial charge in [0.15, 0.2) is 0 Å². The summed E-state index contributed by atoms with van der Waals surface area (Å²) in [6.07, 6.45) is 3.87. The molecule has 0 unspecified atom stereocenters. The summed E-state index contributed by atoms with van der Waals surface area (Å²) in [5.74, 6) is 2.50. The van der Waals surface area contributed by atoms with Crippen LogP contribution in [0.1, 0.15) is 25.3 Å². The maximum Gasteiger partial charge on any atom is 0.251 e. The van der Waals surface area contributed by atoms with Crippen molar-refractivity contribution in [2.75, 3.05) is 36.0 Å². The molecule has 0 bridgehead atoms. The Labute approximate surface area is 166 Å². The molecular formula is C23H29N3O2. The Morgan fingerprint density at radius 2 is 2.00 bits per heavy atom. The van der Waals surface area contributed by atoms with Gasteiger partial charge in [0, 0.05) is 43.5 Å². The van der Waals surface area contributed by atoms with E-state index < -0.39 is 0 Å². The van der Waals surface area contributed by atoms with Crippen LogP contribution >= 0.6 is 0 Å². The van der Waals surface area contributed by atoms with Gasteiger partial charge in [0.05, 0.1) is 12.7 Å². The lowest BCUT2D eigenvalue weighted by Crippen LogP contribution is -2.42. The monoisotopic (exact) mass is 379 g/mol. The zero-order valence-electron chi connectivity index (χ0n) is 16.5. The summed E-state index contributed by atoms with van der Waals surface area (Å²) in [6.45, 7) is 5.54. The third kappa shape index (κ3) is 3.32. The molecule has 3 heterocycles. The van der Waals surface area contributed by atoms with Crippen LogP contribution in [0.4, 0.5) is 11.5 Å². The fourth-order valence-electron chi connectivity index (χ4n) is 5.25. The predicted octanol–water partition coefficient (Wildman–Crippen LogP) is 3.06. The zero-order chi connectivity index (χ0) is 19.1. The summed E-state index contributed by atoms with van der Waals surface area (Å²) in [5.41, 5.74) is 2.39. The minimum absolute atomic E-state index is 0.00986. The predicted molar refractivity (Wildman–Crippen MR) is 112 cm³/mol. The number of anilines is 2. The first-order valence-electron chi connectivity index (χ1n) is 10.6. The molecule has 148 valence electrons. The Hall–Kier alpha value is -2.27. The molecule has 5 nitrogen and oxygen atoms in total. The van der Waals surface area contributed by atoms with Crippen LogP contribution in [0.15, 0.2) is 47.3 Å². The van der Waals surface area contributed by atoms with Gasteiger partial charge in [-0.2, -0.15) is 0 Å². The molecule has 2 aromatic rings. The first kappa shape index (κ1) is 17.8. The van der Waals surface area contributed by atoms with E-state index in [2.05, 4.69) is 58.1 Å². The quantitative estimate of drug-likeness (QED) is 0.887. The number of fused-ring (bicyclic) bond motifs is 1. The van der Waals surface area contributed by atoms with Crippen LogP contribution in [0.5, 0.6) is 0 Å². The summed E-state index contributed by atoms with van der Waals surface area (Å²) < 4.78 is 5.67. The molecule has 1 aromatic carbocycles. The number of nitrogens with one attached hydrogen (secondary N) is 1. The standard InChI is InChI=1S/C23H29N3O2/c1-16-14-25(9-10-28-16)19-12-22(24-23(27)13-19)26-15-18-7-8-20(18)21(26)11-17-5-3-2-4-6-17/h2-6,12-13,16,18,20-21H,7-11,14-15H2,1H3,(H,24,27)/t16-,18+,20+,21-/m1/s1. The number of benzene rings is 1. The lowest BCUT2D eigenvalue weighted by Gasteiger charge is -2.35. The second kappa shape index (κ2) is 7.28. The van der Waals surface area contributed by atoms with Crippen molar-refractivity contribution in [1.29, 1.82) is 0 Å². The smallest absolute Gasteiger partial charge is 0.251 e. The van der Waals surface area contributed by atoms with Gasteiger partial charge < -0.3 is 19.5 Å². The number of hydrogen-bond acceptors (Lipinski definition) is 4. The molecule has 3 aliphatic rings. The molecule has 1 N–H and O–H groups in total. The highest BCUT2D eigenvalue weighted by molar-refractivity contribution is 5.57. The summed E-state index contributed by atoms with van der Waals surface area (Å²) in [6, 6.07) is 15.1. The van der Waals surface area contributed by atoms with Crippen LogP contribution in [-0.2, 0) is 11.2 Å². The van der Waals surface area contributed by atoms with Gasteiger partial charge in [-0.05, 0) is 43.6 Å². The normalized spacial score (nSPS) is 29.5. The summed E-state index contributed by atoms with van der Waals surface area (Å²) >= 11 is 0. The van der Waals surface area contributed by atoms with Gasteiger partial charge in [0.25, 0.3) is 5.56 Å². The van der Waals surface area contributed by atoms with Crippen LogP contribution in [0.25, 0.3) is 0 Å². The van der Waals surface area contributed by atoms with Crippen LogP contribution in [0, 0.1) is 11.8 Å². The highest BCUT2D eigenvalue weighted by Gasteiger charge is 2.47. The highest BCUT2D eigenvalue weighted by atomic mass is 16.5. The topological polar surface area (TPSA) is 48.6 Å². The Morgan fingerprint density at radius 3 is 2.75 bits per heavy atom. The van der Waals surface area contributed by atoms with E-state index in [1.807, 2.05) is 0 Å². The van der Waals surface area contributed by atoms with Crippen molar-refractivity contribution in [3.8, 4) is 0 Å². The molecule has 5 rings (SSSR count). The van der Waals surface area contributed by atoms with Crippen LogP contribution in [-0.4, -0.2) is 43.4 Å². The minimum Gasteiger partial charge on any atom is -0.375 e. The second-order valence-corrected chi connectivity index (χ2v) is 8.63. The number of nitrogens with zero attached hydrogens (tertiary/aromatic N) is 2. The largest absolute Gasteiger partial charge is 0.375 e. The van der Waals surface area contributed by atoms with Crippen LogP contribution in [0.3, 0.4) is 0 Å². The van der Waals surface area contributed by atoms with Crippen molar-refractivity contribution in [3.63, 3.8) is 0 Å². The van der Waals surface area contributed by atoms with Crippen molar-refractivity contribution in [2.45, 2.75) is 38.3 Å². The lowest BCUT2D eigenvalue weighted by atomic mass is 9.72. The molecule has 0 spiro atoms. The van der Waals surface area contributed by atoms with E-state index in [0.29, 0.717) is 12.6 Å². The van der Waals surface area contributed by atoms with Gasteiger partial charge in [0.1, 0.15) is 5.82 Å². The summed E-state index contributed by atoms with van der Waals surface area (Å²) in [4.78, 5) is 20.4. The first-order chi connectivity index (χ1) is 13.7. The Morgan fingerprint density at radius 1 is 1.14 bits per heavy atom. The highest BCUT2D eigenvalue weighted by Crippen LogP contribution is 2.47. The fourth-order valence-corrected chi connectivity index (χ4v) is 5.25. The number of H-pyrrole nitrogens is 1. The average molecular weight is 380 g/mol. The number of aromatic amines is 1. The van der Waals surface area contributed by atoms with Crippen molar-refractivity contribution in [1.82, 2.24) is 4.98 Å². The summed E-state index contributed by atoms with van der Waals surface area (Å²) in [5, 5.41) is 0. The zero-order valence-corrected chi connectivity index (χ0v) is 16.5. The number of morpholine rings is 1. The Balaban J connectivity index is 1.44. The number of aromatic nitrogens is 1. The molecule has 5 heteroatoms. The van der Waals surface area contributed by atoms with Gasteiger partial charge in [-0.3, -0.25) is 4.79 Å². The maximum absolute atomic E-state index is 12.5. The number of hydrogen-bond donors (Lipinski definition) is 1. The second-order valence-electron chi connectivity index (χ2n) is 8.63. The van der Waals surface area contributed by atoms with Crippen molar-refractivity contribution < 1.29 is 4.74 Å². The van der Waals surface area contributed by atoms with Gasteiger partial charge in [-0.1, -0.05) is 30.3 Å². The van der Waals surface area contributed by atoms with Gasteiger partial charge in [-0.25, -0.2) is 0 Å². The van der Waals surface area contributed by atoms with E-state index in [1.165, 1.54) is 18.4 Å². The maximum atomic E-state index is 12.5. The molecule has 2 aliphatic heterocycles. The molecule has 0 amide bonds. The van der Waals surface area contributed by atoms with E-state index in [9.17, 15) is 4.79 Å². The number of rotatable bonds is 4. The van der Waals surface area contributed by atoms with E-state index in [-0.39, 0.29) is 11.7 Å².